The molecule has 2 saturated heterocycles. The lowest BCUT2D eigenvalue weighted by Gasteiger charge is -2.41. The standard InChI is InChI=1S/C21H24F3N5O2/c22-21(23,24)31-18-7-2-1-5-16(18)11-15-12-29(13-15)20(30)27-17-6-3-10-28(14-17)19-25-8-4-9-26-19/h1-2,4-5,7-9,15,17H,3,6,10-14H2,(H,27,30). The number of benzene rings is 1. The van der Waals surface area contributed by atoms with E-state index in [4.69, 9.17) is 0 Å². The van der Waals surface area contributed by atoms with Crippen molar-refractivity contribution in [3.63, 3.8) is 0 Å². The molecule has 1 aromatic carbocycles. The Labute approximate surface area is 178 Å². The van der Waals surface area contributed by atoms with Crippen LogP contribution in [0.2, 0.25) is 0 Å². The highest BCUT2D eigenvalue weighted by atomic mass is 19.4. The van der Waals surface area contributed by atoms with Crippen molar-refractivity contribution in [1.29, 1.82) is 0 Å². The molecule has 2 fully saturated rings. The highest BCUT2D eigenvalue weighted by molar-refractivity contribution is 5.75. The zero-order valence-corrected chi connectivity index (χ0v) is 16.9. The van der Waals surface area contributed by atoms with Crippen LogP contribution in [0.5, 0.6) is 5.75 Å². The minimum absolute atomic E-state index is 0.00465. The first kappa shape index (κ1) is 21.2. The molecule has 10 heteroatoms. The average Bonchev–Trinajstić information content (AvgIpc) is 2.71. The third kappa shape index (κ3) is 5.56. The van der Waals surface area contributed by atoms with Gasteiger partial charge in [-0.25, -0.2) is 14.8 Å². The van der Waals surface area contributed by atoms with Crippen molar-refractivity contribution in [3.05, 3.63) is 48.3 Å². The van der Waals surface area contributed by atoms with E-state index in [-0.39, 0.29) is 23.7 Å². The van der Waals surface area contributed by atoms with Gasteiger partial charge in [0.2, 0.25) is 5.95 Å². The van der Waals surface area contributed by atoms with E-state index < -0.39 is 6.36 Å². The van der Waals surface area contributed by atoms with Gasteiger partial charge in [0.15, 0.2) is 0 Å². The molecular formula is C21H24F3N5O2. The van der Waals surface area contributed by atoms with Crippen LogP contribution in [0.4, 0.5) is 23.9 Å². The number of alkyl halides is 3. The molecule has 7 nitrogen and oxygen atoms in total. The molecule has 2 amide bonds. The zero-order valence-electron chi connectivity index (χ0n) is 16.9. The highest BCUT2D eigenvalue weighted by Crippen LogP contribution is 2.30. The highest BCUT2D eigenvalue weighted by Gasteiger charge is 2.35. The fraction of sp³-hybridized carbons (Fsp3) is 0.476. The van der Waals surface area contributed by atoms with E-state index in [1.165, 1.54) is 12.1 Å². The van der Waals surface area contributed by atoms with Gasteiger partial charge < -0.3 is 19.9 Å². The lowest BCUT2D eigenvalue weighted by molar-refractivity contribution is -0.274. The number of rotatable bonds is 5. The molecule has 0 saturated carbocycles. The van der Waals surface area contributed by atoms with Crippen molar-refractivity contribution in [2.24, 2.45) is 5.92 Å². The summed E-state index contributed by atoms with van der Waals surface area (Å²) >= 11 is 0. The van der Waals surface area contributed by atoms with Crippen LogP contribution in [0, 0.1) is 5.92 Å². The first-order valence-electron chi connectivity index (χ1n) is 10.3. The average molecular weight is 435 g/mol. The van der Waals surface area contributed by atoms with Gasteiger partial charge in [-0.3, -0.25) is 0 Å². The van der Waals surface area contributed by atoms with Gasteiger partial charge in [-0.1, -0.05) is 18.2 Å². The number of amides is 2. The lowest BCUT2D eigenvalue weighted by atomic mass is 9.92. The SMILES string of the molecule is O=C(NC1CCCN(c2ncccn2)C1)N1CC(Cc2ccccc2OC(F)(F)F)C1. The smallest absolute Gasteiger partial charge is 0.406 e. The normalized spacial score (nSPS) is 19.6. The Hall–Kier alpha value is -3.04. The predicted molar refractivity (Wildman–Crippen MR) is 108 cm³/mol. The molecule has 166 valence electrons. The predicted octanol–water partition coefficient (Wildman–Crippen LogP) is 3.23. The van der Waals surface area contributed by atoms with Crippen molar-refractivity contribution < 1.29 is 22.7 Å². The second kappa shape index (κ2) is 8.99. The molecule has 1 unspecified atom stereocenters. The fourth-order valence-electron chi connectivity index (χ4n) is 4.07. The van der Waals surface area contributed by atoms with Gasteiger partial charge in [0.25, 0.3) is 0 Å². The summed E-state index contributed by atoms with van der Waals surface area (Å²) in [6.45, 7) is 2.51. The number of anilines is 1. The van der Waals surface area contributed by atoms with Gasteiger partial charge in [-0.05, 0) is 42.9 Å². The van der Waals surface area contributed by atoms with Crippen molar-refractivity contribution in [2.45, 2.75) is 31.7 Å². The van der Waals surface area contributed by atoms with Gasteiger partial charge in [0, 0.05) is 44.6 Å². The van der Waals surface area contributed by atoms with Gasteiger partial charge in [0.1, 0.15) is 5.75 Å². The van der Waals surface area contributed by atoms with Crippen LogP contribution in [0.25, 0.3) is 0 Å². The van der Waals surface area contributed by atoms with Crippen molar-refractivity contribution in [1.82, 2.24) is 20.2 Å². The van der Waals surface area contributed by atoms with Crippen LogP contribution in [0.3, 0.4) is 0 Å². The number of para-hydroxylation sites is 1. The number of nitrogens with one attached hydrogen (secondary N) is 1. The first-order chi connectivity index (χ1) is 14.9. The Morgan fingerprint density at radius 3 is 2.61 bits per heavy atom. The largest absolute Gasteiger partial charge is 0.573 e. The number of hydrogen-bond acceptors (Lipinski definition) is 5. The van der Waals surface area contributed by atoms with Crippen molar-refractivity contribution in [3.8, 4) is 5.75 Å². The summed E-state index contributed by atoms with van der Waals surface area (Å²) in [6, 6.07) is 7.78. The number of aromatic nitrogens is 2. The molecule has 3 heterocycles. The lowest BCUT2D eigenvalue weighted by Crippen LogP contribution is -2.58. The summed E-state index contributed by atoms with van der Waals surface area (Å²) in [5.74, 6) is 0.581. The molecule has 0 spiro atoms. The van der Waals surface area contributed by atoms with Crippen LogP contribution in [-0.2, 0) is 6.42 Å². The minimum atomic E-state index is -4.72. The Morgan fingerprint density at radius 2 is 1.87 bits per heavy atom. The fourth-order valence-corrected chi connectivity index (χ4v) is 4.07. The van der Waals surface area contributed by atoms with Gasteiger partial charge in [0.05, 0.1) is 0 Å². The van der Waals surface area contributed by atoms with E-state index >= 15 is 0 Å². The van der Waals surface area contributed by atoms with E-state index in [1.54, 1.807) is 35.5 Å². The molecular weight excluding hydrogens is 411 g/mol. The van der Waals surface area contributed by atoms with Crippen molar-refractivity contribution in [2.75, 3.05) is 31.1 Å². The maximum Gasteiger partial charge on any atom is 0.573 e. The van der Waals surface area contributed by atoms with E-state index in [2.05, 4.69) is 24.9 Å². The van der Waals surface area contributed by atoms with E-state index in [9.17, 15) is 18.0 Å². The Balaban J connectivity index is 1.26. The van der Waals surface area contributed by atoms with Crippen LogP contribution < -0.4 is 15.0 Å². The molecule has 4 rings (SSSR count). The van der Waals surface area contributed by atoms with Gasteiger partial charge in [-0.15, -0.1) is 13.2 Å². The Morgan fingerprint density at radius 1 is 1.13 bits per heavy atom. The van der Waals surface area contributed by atoms with E-state index in [0.29, 0.717) is 37.6 Å². The monoisotopic (exact) mass is 435 g/mol. The Kier molecular flexibility index (Phi) is 6.15. The number of carbonyl (C=O) groups excluding carboxylic acids is 1. The second-order valence-corrected chi connectivity index (χ2v) is 7.91. The molecule has 2 aromatic rings. The summed E-state index contributed by atoms with van der Waals surface area (Å²) in [5.41, 5.74) is 0.496. The molecule has 2 aliphatic rings. The zero-order chi connectivity index (χ0) is 21.8. The van der Waals surface area contributed by atoms with E-state index in [0.717, 1.165) is 19.4 Å². The summed E-state index contributed by atoms with van der Waals surface area (Å²) in [7, 11) is 0. The molecule has 0 aliphatic carbocycles. The van der Waals surface area contributed by atoms with Crippen LogP contribution in [-0.4, -0.2) is 59.5 Å². The number of piperidine rings is 1. The second-order valence-electron chi connectivity index (χ2n) is 7.91. The number of likely N-dealkylation sites (tertiary alicyclic amines) is 1. The molecule has 2 aliphatic heterocycles. The number of ether oxygens (including phenoxy) is 1. The number of nitrogens with zero attached hydrogens (tertiary/aromatic N) is 4. The first-order valence-corrected chi connectivity index (χ1v) is 10.3. The molecule has 1 atom stereocenters. The molecule has 1 aromatic heterocycles. The number of urea groups is 1. The number of carbonyl (C=O) groups is 1. The quantitative estimate of drug-likeness (QED) is 0.781. The van der Waals surface area contributed by atoms with Crippen LogP contribution in [0.1, 0.15) is 18.4 Å². The third-order valence-electron chi connectivity index (χ3n) is 5.54. The molecule has 0 bridgehead atoms. The van der Waals surface area contributed by atoms with Crippen LogP contribution in [0.15, 0.2) is 42.7 Å². The third-order valence-corrected chi connectivity index (χ3v) is 5.54. The summed E-state index contributed by atoms with van der Waals surface area (Å²) in [4.78, 5) is 24.9. The van der Waals surface area contributed by atoms with Gasteiger partial charge >= 0.3 is 12.4 Å². The summed E-state index contributed by atoms with van der Waals surface area (Å²) in [6.07, 6.45) is 0.917. The maximum atomic E-state index is 12.6. The molecule has 1 N–H and O–H groups in total. The molecule has 31 heavy (non-hydrogen) atoms. The van der Waals surface area contributed by atoms with Gasteiger partial charge in [-0.2, -0.15) is 0 Å². The van der Waals surface area contributed by atoms with Crippen LogP contribution >= 0.6 is 0 Å². The Bertz CT molecular complexity index is 890. The number of halogens is 3. The summed E-state index contributed by atoms with van der Waals surface area (Å²) in [5, 5.41) is 3.06. The van der Waals surface area contributed by atoms with E-state index in [1.807, 2.05) is 0 Å². The summed E-state index contributed by atoms with van der Waals surface area (Å²) < 4.78 is 41.9. The number of hydrogen-bond donors (Lipinski definition) is 1. The minimum Gasteiger partial charge on any atom is -0.406 e. The maximum absolute atomic E-state index is 12.6. The molecule has 0 radical (unpaired) electrons. The topological polar surface area (TPSA) is 70.6 Å². The van der Waals surface area contributed by atoms with Crippen molar-refractivity contribution >= 4 is 12.0 Å².